The lowest BCUT2D eigenvalue weighted by molar-refractivity contribution is 0.413. The molecule has 0 atom stereocenters. The number of para-hydroxylation sites is 2. The van der Waals surface area contributed by atoms with Crippen molar-refractivity contribution in [3.05, 3.63) is 121 Å². The van der Waals surface area contributed by atoms with E-state index in [0.29, 0.717) is 0 Å². The van der Waals surface area contributed by atoms with Crippen molar-refractivity contribution in [3.63, 3.8) is 0 Å². The number of hydrogen-bond acceptors (Lipinski definition) is 2. The molecule has 226 valence electrons. The van der Waals surface area contributed by atoms with E-state index in [1.165, 1.54) is 21.7 Å². The quantitative estimate of drug-likeness (QED) is 0.220. The Bertz CT molecular complexity index is 2440. The topological polar surface area (TPSA) is 46.5 Å². The predicted molar refractivity (Wildman–Crippen MR) is 194 cm³/mol. The van der Waals surface area contributed by atoms with Crippen molar-refractivity contribution in [1.82, 2.24) is 19.5 Å². The molecular formula is C42H38N4. The fraction of sp³-hybridized carbons (Fsp3) is 0.190. The van der Waals surface area contributed by atoms with Gasteiger partial charge < -0.3 is 9.55 Å². The van der Waals surface area contributed by atoms with Gasteiger partial charge in [0.05, 0.1) is 22.2 Å². The van der Waals surface area contributed by atoms with E-state index in [1.807, 2.05) is 6.20 Å². The van der Waals surface area contributed by atoms with Gasteiger partial charge in [0.2, 0.25) is 0 Å². The van der Waals surface area contributed by atoms with Crippen LogP contribution in [0.5, 0.6) is 0 Å². The lowest BCUT2D eigenvalue weighted by atomic mass is 9.85. The number of H-pyrrole nitrogens is 1. The van der Waals surface area contributed by atoms with Crippen LogP contribution in [0.4, 0.5) is 0 Å². The van der Waals surface area contributed by atoms with Crippen LogP contribution in [0.1, 0.15) is 47.1 Å². The molecule has 0 saturated carbocycles. The number of imidazole rings is 1. The summed E-state index contributed by atoms with van der Waals surface area (Å²) in [7, 11) is 0. The molecule has 0 saturated heterocycles. The lowest BCUT2D eigenvalue weighted by Gasteiger charge is -2.26. The number of pyridine rings is 1. The largest absolute Gasteiger partial charge is 0.354 e. The summed E-state index contributed by atoms with van der Waals surface area (Å²) < 4.78 is 2.42. The first-order valence-corrected chi connectivity index (χ1v) is 16.1. The lowest BCUT2D eigenvalue weighted by Crippen LogP contribution is -2.23. The Kier molecular flexibility index (Phi) is 6.24. The predicted octanol–water partition coefficient (Wildman–Crippen LogP) is 11.3. The third kappa shape index (κ3) is 4.59. The fourth-order valence-corrected chi connectivity index (χ4v) is 6.84. The number of fused-ring (bicyclic) bond motifs is 5. The smallest absolute Gasteiger partial charge is 0.143 e. The van der Waals surface area contributed by atoms with Gasteiger partial charge in [0, 0.05) is 50.1 Å². The summed E-state index contributed by atoms with van der Waals surface area (Å²) in [4.78, 5) is 14.1. The van der Waals surface area contributed by atoms with Gasteiger partial charge in [-0.3, -0.25) is 4.98 Å². The molecule has 3 aromatic heterocycles. The van der Waals surface area contributed by atoms with E-state index in [-0.39, 0.29) is 11.0 Å². The number of nitrogens with one attached hydrogen (secondary N) is 1. The van der Waals surface area contributed by atoms with Crippen molar-refractivity contribution in [2.24, 2.45) is 0 Å². The third-order valence-corrected chi connectivity index (χ3v) is 9.18. The van der Waals surface area contributed by atoms with E-state index in [1.54, 1.807) is 0 Å². The molecule has 5 aromatic carbocycles. The van der Waals surface area contributed by atoms with Crippen LogP contribution in [-0.4, -0.2) is 19.5 Å². The Morgan fingerprint density at radius 1 is 0.630 bits per heavy atom. The van der Waals surface area contributed by atoms with Crippen molar-refractivity contribution >= 4 is 43.6 Å². The minimum atomic E-state index is -0.213. The van der Waals surface area contributed by atoms with Crippen LogP contribution in [0.25, 0.3) is 77.4 Å². The summed E-state index contributed by atoms with van der Waals surface area (Å²) in [6.07, 6.45) is 1.96. The average molecular weight is 599 g/mol. The first kappa shape index (κ1) is 28.3. The maximum absolute atomic E-state index is 5.54. The first-order valence-electron chi connectivity index (χ1n) is 16.1. The zero-order valence-electron chi connectivity index (χ0n) is 27.3. The highest BCUT2D eigenvalue weighted by atomic mass is 15.1. The standard InChI is InChI=1S/C42H38N4/c1-41(2,3)30-23-33-32-17-9-10-19-35(32)44-38(33)34(24-30)40-45-39-31(18-12-20-37(39)46(40)42(4,5)6)27-15-11-16-28(21-27)36-22-26-13-7-8-14-29(26)25-43-36/h7-25,44H,1-6H3. The minimum absolute atomic E-state index is 0.0255. The van der Waals surface area contributed by atoms with Crippen LogP contribution in [0.2, 0.25) is 0 Å². The number of nitrogens with zero attached hydrogens (tertiary/aromatic N) is 3. The minimum Gasteiger partial charge on any atom is -0.354 e. The Hall–Kier alpha value is -5.22. The zero-order chi connectivity index (χ0) is 31.8. The molecule has 4 nitrogen and oxygen atoms in total. The molecule has 0 unspecified atom stereocenters. The van der Waals surface area contributed by atoms with Crippen molar-refractivity contribution < 1.29 is 0 Å². The molecule has 4 heteroatoms. The van der Waals surface area contributed by atoms with Crippen molar-refractivity contribution in [2.75, 3.05) is 0 Å². The Labute approximate surface area is 269 Å². The summed E-state index contributed by atoms with van der Waals surface area (Å²) in [5.41, 5.74) is 10.9. The van der Waals surface area contributed by atoms with Gasteiger partial charge >= 0.3 is 0 Å². The molecule has 3 heterocycles. The summed E-state index contributed by atoms with van der Waals surface area (Å²) in [6, 6.07) is 39.1. The van der Waals surface area contributed by atoms with Gasteiger partial charge in [-0.05, 0) is 79.1 Å². The highest BCUT2D eigenvalue weighted by molar-refractivity contribution is 6.12. The van der Waals surface area contributed by atoms with Crippen LogP contribution < -0.4 is 0 Å². The van der Waals surface area contributed by atoms with Gasteiger partial charge in [0.15, 0.2) is 0 Å². The molecule has 0 spiro atoms. The summed E-state index contributed by atoms with van der Waals surface area (Å²) >= 11 is 0. The Morgan fingerprint density at radius 2 is 1.37 bits per heavy atom. The van der Waals surface area contributed by atoms with Crippen LogP contribution >= 0.6 is 0 Å². The van der Waals surface area contributed by atoms with Crippen LogP contribution in [0, 0.1) is 0 Å². The number of hydrogen-bond donors (Lipinski definition) is 1. The number of rotatable bonds is 3. The highest BCUT2D eigenvalue weighted by Crippen LogP contribution is 2.42. The van der Waals surface area contributed by atoms with E-state index in [2.05, 4.69) is 160 Å². The van der Waals surface area contributed by atoms with Crippen LogP contribution in [-0.2, 0) is 11.0 Å². The van der Waals surface area contributed by atoms with Crippen LogP contribution in [0.3, 0.4) is 0 Å². The van der Waals surface area contributed by atoms with Crippen molar-refractivity contribution in [2.45, 2.75) is 52.5 Å². The molecule has 1 N–H and O–H groups in total. The van der Waals surface area contributed by atoms with E-state index in [4.69, 9.17) is 9.97 Å². The molecule has 0 aliphatic carbocycles. The average Bonchev–Trinajstić information content (AvgIpc) is 3.63. The number of aromatic amines is 1. The highest BCUT2D eigenvalue weighted by Gasteiger charge is 2.27. The molecular weight excluding hydrogens is 560 g/mol. The summed E-state index contributed by atoms with van der Waals surface area (Å²) in [5.74, 6) is 0.977. The molecule has 0 bridgehead atoms. The Balaban J connectivity index is 1.38. The second-order valence-corrected chi connectivity index (χ2v) is 14.5. The van der Waals surface area contributed by atoms with Gasteiger partial charge in [-0.25, -0.2) is 4.98 Å². The SMILES string of the molecule is CC(C)(C)c1cc(-c2nc3c(-c4cccc(-c5cc6ccccc6cn5)c4)cccc3n2C(C)(C)C)c2[nH]c3ccccc3c2c1. The zero-order valence-corrected chi connectivity index (χ0v) is 27.3. The maximum Gasteiger partial charge on any atom is 0.143 e. The van der Waals surface area contributed by atoms with E-state index in [9.17, 15) is 0 Å². The summed E-state index contributed by atoms with van der Waals surface area (Å²) in [5, 5.41) is 4.81. The summed E-state index contributed by atoms with van der Waals surface area (Å²) in [6.45, 7) is 13.7. The molecule has 46 heavy (non-hydrogen) atoms. The van der Waals surface area contributed by atoms with Crippen molar-refractivity contribution in [3.8, 4) is 33.8 Å². The van der Waals surface area contributed by atoms with Gasteiger partial charge in [-0.2, -0.15) is 0 Å². The second kappa shape index (κ2) is 10.1. The van der Waals surface area contributed by atoms with E-state index in [0.717, 1.165) is 61.2 Å². The van der Waals surface area contributed by atoms with E-state index >= 15 is 0 Å². The van der Waals surface area contributed by atoms with E-state index < -0.39 is 0 Å². The van der Waals surface area contributed by atoms with Gasteiger partial charge in [0.25, 0.3) is 0 Å². The molecule has 0 fully saturated rings. The normalized spacial score (nSPS) is 12.6. The first-order chi connectivity index (χ1) is 22.1. The van der Waals surface area contributed by atoms with Gasteiger partial charge in [-0.15, -0.1) is 0 Å². The molecule has 0 aliphatic rings. The van der Waals surface area contributed by atoms with Gasteiger partial charge in [-0.1, -0.05) is 93.6 Å². The van der Waals surface area contributed by atoms with Crippen molar-refractivity contribution in [1.29, 1.82) is 0 Å². The monoisotopic (exact) mass is 598 g/mol. The maximum atomic E-state index is 5.54. The number of benzene rings is 5. The second-order valence-electron chi connectivity index (χ2n) is 14.5. The molecule has 8 aromatic rings. The number of aromatic nitrogens is 4. The molecule has 0 aliphatic heterocycles. The third-order valence-electron chi connectivity index (χ3n) is 9.18. The molecule has 0 amide bonds. The Morgan fingerprint density at radius 3 is 2.17 bits per heavy atom. The molecule has 8 rings (SSSR count). The molecule has 0 radical (unpaired) electrons. The fourth-order valence-electron chi connectivity index (χ4n) is 6.84. The van der Waals surface area contributed by atoms with Gasteiger partial charge in [0.1, 0.15) is 5.82 Å². The van der Waals surface area contributed by atoms with Crippen LogP contribution in [0.15, 0.2) is 115 Å².